The van der Waals surface area contributed by atoms with Crippen LogP contribution in [0.3, 0.4) is 0 Å². The Morgan fingerprint density at radius 3 is 2.25 bits per heavy atom. The second kappa shape index (κ2) is 18.0. The highest BCUT2D eigenvalue weighted by Gasteiger charge is 2.24. The fraction of sp³-hybridized carbons (Fsp3) is 0.205. The van der Waals surface area contributed by atoms with Crippen LogP contribution in [0.5, 0.6) is 5.75 Å². The van der Waals surface area contributed by atoms with E-state index in [1.54, 1.807) is 23.2 Å². The zero-order valence-corrected chi connectivity index (χ0v) is 30.2. The van der Waals surface area contributed by atoms with Crippen LogP contribution < -0.4 is 15.4 Å². The molecule has 0 radical (unpaired) electrons. The predicted molar refractivity (Wildman–Crippen MR) is 210 cm³/mol. The number of hydrazone groups is 1. The highest BCUT2D eigenvalue weighted by Crippen LogP contribution is 2.27. The van der Waals surface area contributed by atoms with Crippen LogP contribution in [0, 0.1) is 5.41 Å². The van der Waals surface area contributed by atoms with E-state index in [1.165, 1.54) is 24.3 Å². The van der Waals surface area contributed by atoms with E-state index < -0.39 is 5.97 Å². The molecule has 1 fully saturated rings. The van der Waals surface area contributed by atoms with Gasteiger partial charge in [-0.2, -0.15) is 5.10 Å². The van der Waals surface area contributed by atoms with Crippen LogP contribution in [0.4, 0.5) is 5.69 Å². The first-order chi connectivity index (χ1) is 24.3. The minimum absolute atomic E-state index is 0. The summed E-state index contributed by atoms with van der Waals surface area (Å²) >= 11 is 0. The second-order valence-electron chi connectivity index (χ2n) is 12.0. The number of amidine groups is 1. The number of nitrogens with two attached hydrogens (primary N) is 1. The number of amides is 1. The van der Waals surface area contributed by atoms with Gasteiger partial charge in [-0.05, 0) is 79.2 Å². The van der Waals surface area contributed by atoms with Gasteiger partial charge < -0.3 is 25.0 Å². The smallest absolute Gasteiger partial charge is 0.335 e. The maximum atomic E-state index is 14.2. The monoisotopic (exact) mass is 741 g/mol. The lowest BCUT2D eigenvalue weighted by atomic mass is 10.1. The van der Waals surface area contributed by atoms with Crippen molar-refractivity contribution in [2.24, 2.45) is 10.8 Å². The van der Waals surface area contributed by atoms with Crippen LogP contribution in [-0.2, 0) is 13.1 Å². The summed E-state index contributed by atoms with van der Waals surface area (Å²) in [5, 5.41) is 23.8. The lowest BCUT2D eigenvalue weighted by Gasteiger charge is -2.30. The number of halogens is 2. The van der Waals surface area contributed by atoms with Gasteiger partial charge in [0.1, 0.15) is 23.5 Å². The van der Waals surface area contributed by atoms with Gasteiger partial charge in [0.25, 0.3) is 5.91 Å². The topological polar surface area (TPSA) is 150 Å². The van der Waals surface area contributed by atoms with E-state index >= 15 is 0 Å². The van der Waals surface area contributed by atoms with Crippen molar-refractivity contribution in [1.82, 2.24) is 14.6 Å². The number of aromatic carboxylic acids is 1. The minimum Gasteiger partial charge on any atom is -0.490 e. The summed E-state index contributed by atoms with van der Waals surface area (Å²) in [7, 11) is 0. The first-order valence-corrected chi connectivity index (χ1v) is 16.5. The molecule has 4 N–H and O–H groups in total. The first kappa shape index (κ1) is 39.1. The predicted octanol–water partition coefficient (Wildman–Crippen LogP) is 7.27. The molecule has 1 aliphatic heterocycles. The molecule has 2 heterocycles. The summed E-state index contributed by atoms with van der Waals surface area (Å²) in [6.07, 6.45) is 7.66. The number of carboxylic acids is 1. The Labute approximate surface area is 314 Å². The van der Waals surface area contributed by atoms with Crippen LogP contribution >= 0.6 is 24.8 Å². The van der Waals surface area contributed by atoms with Crippen molar-refractivity contribution in [3.63, 3.8) is 0 Å². The molecule has 4 aromatic carbocycles. The van der Waals surface area contributed by atoms with Gasteiger partial charge in [0, 0.05) is 55.5 Å². The quantitative estimate of drug-likeness (QED) is 0.0899. The van der Waals surface area contributed by atoms with Crippen LogP contribution in [0.2, 0.25) is 0 Å². The van der Waals surface area contributed by atoms with Gasteiger partial charge >= 0.3 is 5.97 Å². The summed E-state index contributed by atoms with van der Waals surface area (Å²) in [4.78, 5) is 32.3. The number of anilines is 1. The highest BCUT2D eigenvalue weighted by atomic mass is 35.5. The molecule has 0 atom stereocenters. The second-order valence-corrected chi connectivity index (χ2v) is 12.0. The molecular formula is C39H41Cl2N7O4. The molecule has 1 amide bonds. The molecule has 0 spiro atoms. The molecule has 1 aromatic heterocycles. The van der Waals surface area contributed by atoms with Crippen molar-refractivity contribution < 1.29 is 19.4 Å². The largest absolute Gasteiger partial charge is 0.490 e. The molecule has 6 rings (SSSR count). The lowest BCUT2D eigenvalue weighted by molar-refractivity contribution is 0.0696. The van der Waals surface area contributed by atoms with E-state index in [0.29, 0.717) is 40.4 Å². The molecule has 13 heteroatoms. The number of benzene rings is 4. The number of imidazole rings is 1. The number of carboxylic acid groups (broad SMARTS) is 1. The number of hydrogen-bond acceptors (Lipinski definition) is 7. The number of nitrogens with one attached hydrogen (secondary N) is 1. The number of nitrogen functional groups attached to an aromatic ring is 1. The third-order valence-corrected chi connectivity index (χ3v) is 8.61. The van der Waals surface area contributed by atoms with Crippen molar-refractivity contribution >= 4 is 71.5 Å². The Morgan fingerprint density at radius 1 is 0.962 bits per heavy atom. The Bertz CT molecular complexity index is 2040. The molecule has 11 nitrogen and oxygen atoms in total. The molecular weight excluding hydrogens is 701 g/mol. The van der Waals surface area contributed by atoms with Crippen molar-refractivity contribution in [2.75, 3.05) is 18.0 Å². The van der Waals surface area contributed by atoms with Crippen molar-refractivity contribution in [3.05, 3.63) is 131 Å². The van der Waals surface area contributed by atoms with E-state index in [9.17, 15) is 14.7 Å². The Kier molecular flexibility index (Phi) is 13.6. The zero-order chi connectivity index (χ0) is 35.0. The molecule has 0 saturated carbocycles. The standard InChI is InChI=1S/C39H39N7O4.2ClH/c1-2-42-44-23-20-33(21-24-44)50-32-17-15-31(16-18-32)46(38(47)28-10-12-29(13-11-28)39(48)49)26-36-43-34-25-30(37(40)41)14-19-35(34)45(36)22-6-9-27-7-4-3-5-8-27;;/h2-19,25,33H,20-24,26H2,1H3,(H3,40,41)(H,48,49);2*1H/b9-6+,42-2+;;. The number of carbonyl (C=O) groups is 2. The van der Waals surface area contributed by atoms with Gasteiger partial charge in [-0.3, -0.25) is 15.2 Å². The number of carbonyl (C=O) groups excluding carboxylic acids is 1. The van der Waals surface area contributed by atoms with Gasteiger partial charge in [-0.25, -0.2) is 9.78 Å². The van der Waals surface area contributed by atoms with Crippen LogP contribution in [0.25, 0.3) is 17.1 Å². The van der Waals surface area contributed by atoms with Crippen molar-refractivity contribution in [2.45, 2.75) is 39.0 Å². The lowest BCUT2D eigenvalue weighted by Crippen LogP contribution is -2.35. The number of rotatable bonds is 12. The number of ether oxygens (including phenoxy) is 1. The third-order valence-electron chi connectivity index (χ3n) is 8.61. The fourth-order valence-corrected chi connectivity index (χ4v) is 6.00. The van der Waals surface area contributed by atoms with Crippen LogP contribution in [0.15, 0.2) is 108 Å². The van der Waals surface area contributed by atoms with E-state index in [2.05, 4.69) is 5.10 Å². The SMILES string of the molecule is C/C=N/N1CCC(Oc2ccc(N(Cc3nc4cc(C(=N)N)ccc4n3C/C=C/c3ccccc3)C(=O)c3ccc(C(=O)O)cc3)cc2)CC1.Cl.Cl. The Hall–Kier alpha value is -5.65. The number of nitrogens with zero attached hydrogens (tertiary/aromatic N) is 5. The molecule has 1 aliphatic rings. The zero-order valence-electron chi connectivity index (χ0n) is 28.6. The Balaban J connectivity index is 0.00000302. The molecule has 0 unspecified atom stereocenters. The highest BCUT2D eigenvalue weighted by molar-refractivity contribution is 6.06. The number of fused-ring (bicyclic) bond motifs is 1. The van der Waals surface area contributed by atoms with E-state index in [-0.39, 0.29) is 54.8 Å². The molecule has 1 saturated heterocycles. The normalized spacial score (nSPS) is 13.1. The maximum absolute atomic E-state index is 14.2. The summed E-state index contributed by atoms with van der Waals surface area (Å²) in [5.41, 5.74) is 9.95. The molecule has 5 aromatic rings. The van der Waals surface area contributed by atoms with Crippen molar-refractivity contribution in [3.8, 4) is 5.75 Å². The van der Waals surface area contributed by atoms with Crippen LogP contribution in [0.1, 0.15) is 57.4 Å². The van der Waals surface area contributed by atoms with Gasteiger partial charge in [-0.15, -0.1) is 24.8 Å². The van der Waals surface area contributed by atoms with Gasteiger partial charge in [-0.1, -0.05) is 42.5 Å². The average molecular weight is 743 g/mol. The van der Waals surface area contributed by atoms with Gasteiger partial charge in [0.2, 0.25) is 0 Å². The van der Waals surface area contributed by atoms with Crippen LogP contribution in [-0.4, -0.2) is 62.8 Å². The summed E-state index contributed by atoms with van der Waals surface area (Å²) < 4.78 is 8.34. The van der Waals surface area contributed by atoms with E-state index in [4.69, 9.17) is 20.9 Å². The summed E-state index contributed by atoms with van der Waals surface area (Å²) in [5.74, 6) is -0.115. The number of aromatic nitrogens is 2. The Morgan fingerprint density at radius 2 is 1.62 bits per heavy atom. The van der Waals surface area contributed by atoms with Crippen molar-refractivity contribution in [1.29, 1.82) is 5.41 Å². The summed E-state index contributed by atoms with van der Waals surface area (Å²) in [6.45, 7) is 4.15. The number of hydrogen-bond donors (Lipinski definition) is 3. The molecule has 0 aliphatic carbocycles. The fourth-order valence-electron chi connectivity index (χ4n) is 6.00. The number of allylic oxidation sites excluding steroid dienone is 1. The minimum atomic E-state index is -1.07. The van der Waals surface area contributed by atoms with Gasteiger partial charge in [0.15, 0.2) is 0 Å². The molecule has 270 valence electrons. The van der Waals surface area contributed by atoms with E-state index in [0.717, 1.165) is 37.0 Å². The maximum Gasteiger partial charge on any atom is 0.335 e. The number of piperidine rings is 1. The molecule has 0 bridgehead atoms. The third kappa shape index (κ3) is 9.36. The van der Waals surface area contributed by atoms with Gasteiger partial charge in [0.05, 0.1) is 23.1 Å². The van der Waals surface area contributed by atoms with E-state index in [1.807, 2.05) is 89.3 Å². The first-order valence-electron chi connectivity index (χ1n) is 16.5. The average Bonchev–Trinajstić information content (AvgIpc) is 3.48. The summed E-state index contributed by atoms with van der Waals surface area (Å²) in [6, 6.07) is 28.8. The molecule has 52 heavy (non-hydrogen) atoms.